The Bertz CT molecular complexity index is 671. The third kappa shape index (κ3) is 2.84. The summed E-state index contributed by atoms with van der Waals surface area (Å²) in [5.74, 6) is 0. The van der Waals surface area contributed by atoms with Gasteiger partial charge in [0.15, 0.2) is 0 Å². The van der Waals surface area contributed by atoms with Crippen LogP contribution in [0.1, 0.15) is 5.56 Å². The molecule has 0 amide bonds. The number of nitrogens with zero attached hydrogens (tertiary/aromatic N) is 1. The van der Waals surface area contributed by atoms with Gasteiger partial charge >= 0.3 is 0 Å². The van der Waals surface area contributed by atoms with Gasteiger partial charge in [-0.25, -0.2) is 0 Å². The fourth-order valence-corrected chi connectivity index (χ4v) is 2.37. The predicted octanol–water partition coefficient (Wildman–Crippen LogP) is 5.53. The summed E-state index contributed by atoms with van der Waals surface area (Å²) >= 11 is 17.9. The Labute approximate surface area is 124 Å². The molecule has 2 aromatic rings. The second-order valence-electron chi connectivity index (χ2n) is 4.00. The number of hydrogen-bond donors (Lipinski definition) is 0. The molecule has 0 atom stereocenters. The number of aryl methyl sites for hydroxylation is 1. The van der Waals surface area contributed by atoms with Gasteiger partial charge < -0.3 is 0 Å². The van der Waals surface area contributed by atoms with E-state index in [4.69, 9.17) is 34.8 Å². The molecule has 0 spiro atoms. The summed E-state index contributed by atoms with van der Waals surface area (Å²) in [6.07, 6.45) is 0. The third-order valence-electron chi connectivity index (χ3n) is 2.73. The molecule has 0 aromatic heterocycles. The number of benzene rings is 2. The summed E-state index contributed by atoms with van der Waals surface area (Å²) < 4.78 is 0. The highest BCUT2D eigenvalue weighted by Crippen LogP contribution is 2.36. The van der Waals surface area contributed by atoms with Gasteiger partial charge in [0.2, 0.25) is 0 Å². The van der Waals surface area contributed by atoms with Gasteiger partial charge in [-0.1, -0.05) is 46.9 Å². The molecular weight excluding hydrogens is 309 g/mol. The standard InChI is InChI=1S/C13H8Cl3NO2/c1-7-2-3-8(4-13(7)17(18)19)9-5-11(15)12(16)6-10(9)14/h2-6H,1H3. The van der Waals surface area contributed by atoms with Gasteiger partial charge in [0.05, 0.1) is 15.0 Å². The van der Waals surface area contributed by atoms with Crippen molar-refractivity contribution in [3.05, 3.63) is 61.1 Å². The first-order valence-electron chi connectivity index (χ1n) is 5.30. The number of nitro groups is 1. The topological polar surface area (TPSA) is 43.1 Å². The molecule has 98 valence electrons. The van der Waals surface area contributed by atoms with Crippen LogP contribution in [0.25, 0.3) is 11.1 Å². The molecule has 0 saturated carbocycles. The van der Waals surface area contributed by atoms with E-state index in [0.717, 1.165) is 0 Å². The molecule has 6 heteroatoms. The lowest BCUT2D eigenvalue weighted by molar-refractivity contribution is -0.385. The highest BCUT2D eigenvalue weighted by molar-refractivity contribution is 6.44. The second kappa shape index (κ2) is 5.37. The van der Waals surface area contributed by atoms with Gasteiger partial charge in [-0.15, -0.1) is 0 Å². The predicted molar refractivity (Wildman–Crippen MR) is 78.3 cm³/mol. The smallest absolute Gasteiger partial charge is 0.258 e. The van der Waals surface area contributed by atoms with E-state index >= 15 is 0 Å². The Kier molecular flexibility index (Phi) is 3.99. The van der Waals surface area contributed by atoms with Crippen LogP contribution in [0, 0.1) is 17.0 Å². The average molecular weight is 317 g/mol. The summed E-state index contributed by atoms with van der Waals surface area (Å²) in [6, 6.07) is 8.02. The Balaban J connectivity index is 2.63. The number of nitro benzene ring substituents is 1. The molecule has 0 aliphatic carbocycles. The van der Waals surface area contributed by atoms with E-state index in [-0.39, 0.29) is 5.69 Å². The maximum Gasteiger partial charge on any atom is 0.272 e. The molecule has 0 bridgehead atoms. The third-order valence-corrected chi connectivity index (χ3v) is 3.76. The Hall–Kier alpha value is -1.29. The molecule has 2 aromatic carbocycles. The average Bonchev–Trinajstić information content (AvgIpc) is 2.34. The van der Waals surface area contributed by atoms with Crippen molar-refractivity contribution in [2.75, 3.05) is 0 Å². The summed E-state index contributed by atoms with van der Waals surface area (Å²) in [6.45, 7) is 1.68. The molecule has 2 rings (SSSR count). The van der Waals surface area contributed by atoms with E-state index in [9.17, 15) is 10.1 Å². The monoisotopic (exact) mass is 315 g/mol. The normalized spacial score (nSPS) is 10.5. The van der Waals surface area contributed by atoms with Crippen molar-refractivity contribution in [1.82, 2.24) is 0 Å². The molecular formula is C13H8Cl3NO2. The first-order chi connectivity index (χ1) is 8.90. The van der Waals surface area contributed by atoms with Crippen LogP contribution in [0.5, 0.6) is 0 Å². The van der Waals surface area contributed by atoms with E-state index in [0.29, 0.717) is 31.8 Å². The zero-order chi connectivity index (χ0) is 14.2. The van der Waals surface area contributed by atoms with Crippen molar-refractivity contribution in [1.29, 1.82) is 0 Å². The van der Waals surface area contributed by atoms with Crippen LogP contribution in [0.15, 0.2) is 30.3 Å². The minimum atomic E-state index is -0.426. The molecule has 0 N–H and O–H groups in total. The van der Waals surface area contributed by atoms with Gasteiger partial charge in [-0.2, -0.15) is 0 Å². The van der Waals surface area contributed by atoms with Gasteiger partial charge in [-0.05, 0) is 24.6 Å². The zero-order valence-electron chi connectivity index (χ0n) is 9.78. The highest BCUT2D eigenvalue weighted by Gasteiger charge is 2.14. The molecule has 0 heterocycles. The van der Waals surface area contributed by atoms with E-state index in [1.807, 2.05) is 0 Å². The fourth-order valence-electron chi connectivity index (χ4n) is 1.72. The summed E-state index contributed by atoms with van der Waals surface area (Å²) in [7, 11) is 0. The lowest BCUT2D eigenvalue weighted by Crippen LogP contribution is -1.92. The Morgan fingerprint density at radius 1 is 1.00 bits per heavy atom. The lowest BCUT2D eigenvalue weighted by Gasteiger charge is -2.07. The van der Waals surface area contributed by atoms with Crippen LogP contribution >= 0.6 is 34.8 Å². The minimum Gasteiger partial charge on any atom is -0.258 e. The fraction of sp³-hybridized carbons (Fsp3) is 0.0769. The van der Waals surface area contributed by atoms with E-state index in [2.05, 4.69) is 0 Å². The van der Waals surface area contributed by atoms with E-state index < -0.39 is 4.92 Å². The minimum absolute atomic E-state index is 0.0413. The second-order valence-corrected chi connectivity index (χ2v) is 5.23. The van der Waals surface area contributed by atoms with Gasteiger partial charge in [0.1, 0.15) is 0 Å². The zero-order valence-corrected chi connectivity index (χ0v) is 12.1. The van der Waals surface area contributed by atoms with Crippen LogP contribution in [0.4, 0.5) is 5.69 Å². The first kappa shape index (κ1) is 14.1. The van der Waals surface area contributed by atoms with Gasteiger partial charge in [-0.3, -0.25) is 10.1 Å². The van der Waals surface area contributed by atoms with Crippen molar-refractivity contribution in [2.24, 2.45) is 0 Å². The van der Waals surface area contributed by atoms with E-state index in [1.165, 1.54) is 12.1 Å². The molecule has 0 aliphatic heterocycles. The molecule has 0 radical (unpaired) electrons. The summed E-state index contributed by atoms with van der Waals surface area (Å²) in [4.78, 5) is 10.5. The van der Waals surface area contributed by atoms with Crippen molar-refractivity contribution in [3.8, 4) is 11.1 Å². The van der Waals surface area contributed by atoms with Crippen molar-refractivity contribution >= 4 is 40.5 Å². The molecule has 19 heavy (non-hydrogen) atoms. The summed E-state index contributed by atoms with van der Waals surface area (Å²) in [5, 5.41) is 12.0. The number of rotatable bonds is 2. The molecule has 3 nitrogen and oxygen atoms in total. The Morgan fingerprint density at radius 2 is 1.63 bits per heavy atom. The SMILES string of the molecule is Cc1ccc(-c2cc(Cl)c(Cl)cc2Cl)cc1[N+](=O)[O-]. The lowest BCUT2D eigenvalue weighted by atomic mass is 10.0. The van der Waals surface area contributed by atoms with Crippen LogP contribution in [-0.2, 0) is 0 Å². The molecule has 0 aliphatic rings. The van der Waals surface area contributed by atoms with Crippen molar-refractivity contribution in [3.63, 3.8) is 0 Å². The van der Waals surface area contributed by atoms with Crippen molar-refractivity contribution < 1.29 is 4.92 Å². The van der Waals surface area contributed by atoms with Gasteiger partial charge in [0, 0.05) is 22.2 Å². The Morgan fingerprint density at radius 3 is 2.26 bits per heavy atom. The molecule has 0 saturated heterocycles. The van der Waals surface area contributed by atoms with Crippen LogP contribution in [-0.4, -0.2) is 4.92 Å². The van der Waals surface area contributed by atoms with Crippen LogP contribution < -0.4 is 0 Å². The van der Waals surface area contributed by atoms with Crippen molar-refractivity contribution in [2.45, 2.75) is 6.92 Å². The maximum absolute atomic E-state index is 10.9. The molecule has 0 fully saturated rings. The summed E-state index contributed by atoms with van der Waals surface area (Å²) in [5.41, 5.74) is 1.87. The van der Waals surface area contributed by atoms with E-state index in [1.54, 1.807) is 25.1 Å². The first-order valence-corrected chi connectivity index (χ1v) is 6.43. The van der Waals surface area contributed by atoms with Crippen LogP contribution in [0.3, 0.4) is 0 Å². The highest BCUT2D eigenvalue weighted by atomic mass is 35.5. The number of halogens is 3. The largest absolute Gasteiger partial charge is 0.272 e. The maximum atomic E-state index is 10.9. The quantitative estimate of drug-likeness (QED) is 0.415. The number of hydrogen-bond acceptors (Lipinski definition) is 2. The van der Waals surface area contributed by atoms with Gasteiger partial charge in [0.25, 0.3) is 5.69 Å². The molecule has 0 unspecified atom stereocenters. The van der Waals surface area contributed by atoms with Crippen LogP contribution in [0.2, 0.25) is 15.1 Å².